The van der Waals surface area contributed by atoms with Crippen LogP contribution in [0.3, 0.4) is 0 Å². The van der Waals surface area contributed by atoms with Crippen LogP contribution in [-0.4, -0.2) is 47.4 Å². The van der Waals surface area contributed by atoms with E-state index < -0.39 is 12.1 Å². The SMILES string of the molecule is CCCC/C=C\C/C=C\CCCCCCCC(=O)OCCCCCCCCCCCCCCCCCCCCCCCCCCCCCCCC(=O)NC(CO)C(O)/C=C/CCCCCCCCC. The Morgan fingerprint density at radius 2 is 0.739 bits per heavy atom. The molecule has 0 rings (SSSR count). The van der Waals surface area contributed by atoms with Gasteiger partial charge in [0, 0.05) is 12.8 Å². The molecule has 69 heavy (non-hydrogen) atoms. The first-order valence-electron chi connectivity index (χ1n) is 30.8. The highest BCUT2D eigenvalue weighted by Gasteiger charge is 2.18. The lowest BCUT2D eigenvalue weighted by Gasteiger charge is -2.20. The summed E-state index contributed by atoms with van der Waals surface area (Å²) in [5, 5.41) is 22.9. The number of unbranched alkanes of at least 4 members (excludes halogenated alkanes) is 42. The first kappa shape index (κ1) is 67.1. The molecule has 0 aromatic carbocycles. The minimum atomic E-state index is -0.839. The van der Waals surface area contributed by atoms with E-state index >= 15 is 0 Å². The van der Waals surface area contributed by atoms with Crippen LogP contribution in [-0.2, 0) is 14.3 Å². The average Bonchev–Trinajstić information content (AvgIpc) is 3.35. The van der Waals surface area contributed by atoms with Gasteiger partial charge in [0.1, 0.15) is 0 Å². The van der Waals surface area contributed by atoms with Crippen LogP contribution in [0.15, 0.2) is 36.5 Å². The van der Waals surface area contributed by atoms with E-state index in [0.29, 0.717) is 19.4 Å². The normalized spacial score (nSPS) is 12.8. The largest absolute Gasteiger partial charge is 0.466 e. The Bertz CT molecular complexity index is 1120. The molecule has 0 heterocycles. The molecule has 0 fully saturated rings. The molecule has 0 aliphatic carbocycles. The van der Waals surface area contributed by atoms with Crippen LogP contribution >= 0.6 is 0 Å². The fourth-order valence-corrected chi connectivity index (χ4v) is 9.42. The van der Waals surface area contributed by atoms with Crippen molar-refractivity contribution in [1.82, 2.24) is 5.32 Å². The molecule has 0 spiro atoms. The maximum absolute atomic E-state index is 12.4. The molecule has 406 valence electrons. The number of allylic oxidation sites excluding steroid dienone is 5. The van der Waals surface area contributed by atoms with Gasteiger partial charge in [0.25, 0.3) is 0 Å². The summed E-state index contributed by atoms with van der Waals surface area (Å²) < 4.78 is 5.48. The monoisotopic (exact) mass is 970 g/mol. The molecule has 0 saturated carbocycles. The van der Waals surface area contributed by atoms with Crippen molar-refractivity contribution in [2.45, 2.75) is 341 Å². The second kappa shape index (κ2) is 58.6. The lowest BCUT2D eigenvalue weighted by molar-refractivity contribution is -0.143. The molecule has 0 saturated heterocycles. The van der Waals surface area contributed by atoms with Gasteiger partial charge in [0.15, 0.2) is 0 Å². The van der Waals surface area contributed by atoms with E-state index in [0.717, 1.165) is 51.4 Å². The van der Waals surface area contributed by atoms with Gasteiger partial charge in [-0.25, -0.2) is 0 Å². The zero-order valence-electron chi connectivity index (χ0n) is 46.3. The Balaban J connectivity index is 3.32. The third-order valence-corrected chi connectivity index (χ3v) is 14.2. The van der Waals surface area contributed by atoms with Crippen LogP contribution in [0.1, 0.15) is 328 Å². The summed E-state index contributed by atoms with van der Waals surface area (Å²) in [5.74, 6) is -0.0626. The number of hydrogen-bond acceptors (Lipinski definition) is 5. The summed E-state index contributed by atoms with van der Waals surface area (Å²) in [6.07, 6.45) is 73.5. The predicted molar refractivity (Wildman–Crippen MR) is 301 cm³/mol. The highest BCUT2D eigenvalue weighted by Crippen LogP contribution is 2.18. The zero-order chi connectivity index (χ0) is 50.0. The van der Waals surface area contributed by atoms with Crippen molar-refractivity contribution in [1.29, 1.82) is 0 Å². The Labute approximate surface area is 430 Å². The van der Waals surface area contributed by atoms with Crippen molar-refractivity contribution in [2.75, 3.05) is 13.2 Å². The molecular weight excluding hydrogens is 851 g/mol. The fraction of sp³-hybridized carbons (Fsp3) is 0.873. The van der Waals surface area contributed by atoms with Crippen LogP contribution in [0, 0.1) is 0 Å². The van der Waals surface area contributed by atoms with Crippen LogP contribution in [0.5, 0.6) is 0 Å². The van der Waals surface area contributed by atoms with E-state index in [1.165, 1.54) is 250 Å². The van der Waals surface area contributed by atoms with Crippen LogP contribution in [0.2, 0.25) is 0 Å². The molecule has 0 aromatic heterocycles. The minimum absolute atomic E-state index is 0.00418. The molecule has 2 atom stereocenters. The molecule has 1 amide bonds. The maximum atomic E-state index is 12.4. The molecule has 2 unspecified atom stereocenters. The number of esters is 1. The summed E-state index contributed by atoms with van der Waals surface area (Å²) in [6, 6.07) is -0.623. The van der Waals surface area contributed by atoms with Gasteiger partial charge in [-0.1, -0.05) is 294 Å². The van der Waals surface area contributed by atoms with Gasteiger partial charge >= 0.3 is 5.97 Å². The number of amides is 1. The van der Waals surface area contributed by atoms with Crippen LogP contribution in [0.4, 0.5) is 0 Å². The standard InChI is InChI=1S/C63H119NO5/c1-3-5-7-9-11-13-14-15-34-37-41-45-49-53-57-63(68)69-58-54-50-46-42-38-35-32-30-28-26-24-22-20-18-16-17-19-21-23-25-27-29-31-33-36-40-44-48-52-56-62(67)64-60(59-65)61(66)55-51-47-43-39-12-10-8-6-4-2/h9,11,14-15,51,55,60-61,65-66H,3-8,10,12-13,16-50,52-54,56-59H2,1-2H3,(H,64,67)/b11-9-,15-14-,55-51+. The van der Waals surface area contributed by atoms with Gasteiger partial charge < -0.3 is 20.3 Å². The molecule has 0 aliphatic heterocycles. The van der Waals surface area contributed by atoms with Gasteiger partial charge in [0.2, 0.25) is 5.91 Å². The number of ether oxygens (including phenoxy) is 1. The van der Waals surface area contributed by atoms with Crippen molar-refractivity contribution >= 4 is 11.9 Å². The highest BCUT2D eigenvalue weighted by atomic mass is 16.5. The second-order valence-corrected chi connectivity index (χ2v) is 21.0. The maximum Gasteiger partial charge on any atom is 0.305 e. The molecule has 0 aromatic rings. The fourth-order valence-electron chi connectivity index (χ4n) is 9.42. The molecular formula is C63H119NO5. The Kier molecular flexibility index (Phi) is 57.0. The van der Waals surface area contributed by atoms with Crippen molar-refractivity contribution in [2.24, 2.45) is 0 Å². The summed E-state index contributed by atoms with van der Waals surface area (Å²) in [6.45, 7) is 4.84. The minimum Gasteiger partial charge on any atom is -0.466 e. The van der Waals surface area contributed by atoms with E-state index in [4.69, 9.17) is 4.74 Å². The van der Waals surface area contributed by atoms with Gasteiger partial charge in [-0.2, -0.15) is 0 Å². The zero-order valence-corrected chi connectivity index (χ0v) is 46.3. The molecule has 0 radical (unpaired) electrons. The Hall–Kier alpha value is -1.92. The molecule has 6 heteroatoms. The number of nitrogens with one attached hydrogen (secondary N) is 1. The quantitative estimate of drug-likeness (QED) is 0.0321. The molecule has 0 aliphatic rings. The summed E-state index contributed by atoms with van der Waals surface area (Å²) >= 11 is 0. The van der Waals surface area contributed by atoms with Crippen molar-refractivity contribution in [3.8, 4) is 0 Å². The molecule has 6 nitrogen and oxygen atoms in total. The van der Waals surface area contributed by atoms with Gasteiger partial charge in [-0.3, -0.25) is 9.59 Å². The van der Waals surface area contributed by atoms with Gasteiger partial charge in [0.05, 0.1) is 25.4 Å². The van der Waals surface area contributed by atoms with Crippen LogP contribution < -0.4 is 5.32 Å². The average molecular weight is 971 g/mol. The van der Waals surface area contributed by atoms with E-state index in [-0.39, 0.29) is 18.5 Å². The smallest absolute Gasteiger partial charge is 0.305 e. The van der Waals surface area contributed by atoms with Gasteiger partial charge in [-0.05, 0) is 57.8 Å². The first-order valence-corrected chi connectivity index (χ1v) is 30.8. The Morgan fingerprint density at radius 1 is 0.406 bits per heavy atom. The van der Waals surface area contributed by atoms with Gasteiger partial charge in [-0.15, -0.1) is 0 Å². The lowest BCUT2D eigenvalue weighted by atomic mass is 10.0. The summed E-state index contributed by atoms with van der Waals surface area (Å²) in [7, 11) is 0. The van der Waals surface area contributed by atoms with E-state index in [1.54, 1.807) is 6.08 Å². The predicted octanol–water partition coefficient (Wildman–Crippen LogP) is 19.2. The number of carbonyl (C=O) groups is 2. The number of aliphatic hydroxyl groups is 2. The lowest BCUT2D eigenvalue weighted by Crippen LogP contribution is -2.45. The molecule has 0 bridgehead atoms. The first-order chi connectivity index (χ1) is 34.0. The van der Waals surface area contributed by atoms with E-state index in [1.807, 2.05) is 6.08 Å². The van der Waals surface area contributed by atoms with E-state index in [9.17, 15) is 19.8 Å². The summed E-state index contributed by atoms with van der Waals surface area (Å²) in [5.41, 5.74) is 0. The summed E-state index contributed by atoms with van der Waals surface area (Å²) in [4.78, 5) is 24.4. The van der Waals surface area contributed by atoms with Crippen molar-refractivity contribution in [3.05, 3.63) is 36.5 Å². The van der Waals surface area contributed by atoms with Crippen molar-refractivity contribution < 1.29 is 24.5 Å². The third-order valence-electron chi connectivity index (χ3n) is 14.2. The number of rotatable bonds is 57. The topological polar surface area (TPSA) is 95.9 Å². The Morgan fingerprint density at radius 3 is 1.14 bits per heavy atom. The number of hydrogen-bond donors (Lipinski definition) is 3. The van der Waals surface area contributed by atoms with Crippen LogP contribution in [0.25, 0.3) is 0 Å². The van der Waals surface area contributed by atoms with Crippen molar-refractivity contribution in [3.63, 3.8) is 0 Å². The number of carbonyl (C=O) groups excluding carboxylic acids is 2. The molecule has 3 N–H and O–H groups in total. The number of aliphatic hydroxyl groups excluding tert-OH is 2. The third kappa shape index (κ3) is 55.2. The van der Waals surface area contributed by atoms with E-state index in [2.05, 4.69) is 43.5 Å². The second-order valence-electron chi connectivity index (χ2n) is 21.0. The highest BCUT2D eigenvalue weighted by molar-refractivity contribution is 5.76.